The van der Waals surface area contributed by atoms with Gasteiger partial charge >= 0.3 is 0 Å². The van der Waals surface area contributed by atoms with Gasteiger partial charge in [0.1, 0.15) is 0 Å². The Bertz CT molecular complexity index is 1300. The van der Waals surface area contributed by atoms with Gasteiger partial charge in [-0.2, -0.15) is 0 Å². The average Bonchev–Trinajstić information content (AvgIpc) is 3.07. The number of hydrogen-bond acceptors (Lipinski definition) is 6. The van der Waals surface area contributed by atoms with Crippen LogP contribution in [0.15, 0.2) is 77.7 Å². The first-order chi connectivity index (χ1) is 15.4. The van der Waals surface area contributed by atoms with E-state index in [-0.39, 0.29) is 28.3 Å². The van der Waals surface area contributed by atoms with E-state index in [1.54, 1.807) is 30.0 Å². The highest BCUT2D eigenvalue weighted by Crippen LogP contribution is 2.31. The van der Waals surface area contributed by atoms with Crippen molar-refractivity contribution in [1.82, 2.24) is 0 Å². The fourth-order valence-corrected chi connectivity index (χ4v) is 3.77. The predicted molar refractivity (Wildman–Crippen MR) is 122 cm³/mol. The van der Waals surface area contributed by atoms with Crippen molar-refractivity contribution >= 4 is 46.8 Å². The first kappa shape index (κ1) is 21.2. The molecule has 0 spiro atoms. The van der Waals surface area contributed by atoms with Crippen LogP contribution in [0.1, 0.15) is 36.6 Å². The SMILES string of the molecule is CSc1ccc(/C=C/C(=O)c2cccc(N3C(=O)c4ccc([N+](=O)[O-])cc4C3=O)c2)cc1. The third-order valence-corrected chi connectivity index (χ3v) is 5.76. The van der Waals surface area contributed by atoms with Crippen LogP contribution in [0.25, 0.3) is 6.08 Å². The van der Waals surface area contributed by atoms with E-state index in [4.69, 9.17) is 0 Å². The van der Waals surface area contributed by atoms with Crippen LogP contribution >= 0.6 is 11.8 Å². The maximum Gasteiger partial charge on any atom is 0.270 e. The molecule has 3 aromatic rings. The Morgan fingerprint density at radius 2 is 1.69 bits per heavy atom. The van der Waals surface area contributed by atoms with Gasteiger partial charge in [-0.05, 0) is 48.2 Å². The standard InChI is InChI=1S/C24H16N2O5S/c1-32-19-9-5-15(6-10-19)7-12-22(27)16-3-2-4-17(13-16)25-23(28)20-11-8-18(26(30)31)14-21(20)24(25)29/h2-14H,1H3/b12-7+. The van der Waals surface area contributed by atoms with Gasteiger partial charge in [0.2, 0.25) is 0 Å². The van der Waals surface area contributed by atoms with Gasteiger partial charge in [-0.25, -0.2) is 4.90 Å². The van der Waals surface area contributed by atoms with Crippen LogP contribution < -0.4 is 4.90 Å². The Morgan fingerprint density at radius 1 is 0.969 bits per heavy atom. The maximum absolute atomic E-state index is 12.8. The third-order valence-electron chi connectivity index (χ3n) is 5.01. The highest BCUT2D eigenvalue weighted by Gasteiger charge is 2.38. The van der Waals surface area contributed by atoms with Crippen LogP contribution in [0.5, 0.6) is 0 Å². The molecule has 1 aliphatic heterocycles. The largest absolute Gasteiger partial charge is 0.289 e. The van der Waals surface area contributed by atoms with Crippen LogP contribution in [-0.2, 0) is 0 Å². The van der Waals surface area contributed by atoms with Gasteiger partial charge in [0.15, 0.2) is 5.78 Å². The van der Waals surface area contributed by atoms with Gasteiger partial charge in [-0.1, -0.05) is 30.3 Å². The van der Waals surface area contributed by atoms with Crippen molar-refractivity contribution in [1.29, 1.82) is 0 Å². The summed E-state index contributed by atoms with van der Waals surface area (Å²) in [6, 6.07) is 17.5. The number of imide groups is 1. The summed E-state index contributed by atoms with van der Waals surface area (Å²) in [5, 5.41) is 11.0. The van der Waals surface area contributed by atoms with Crippen molar-refractivity contribution in [3.8, 4) is 0 Å². The fourth-order valence-electron chi connectivity index (χ4n) is 3.36. The zero-order chi connectivity index (χ0) is 22.8. The zero-order valence-electron chi connectivity index (χ0n) is 16.8. The second-order valence-electron chi connectivity index (χ2n) is 6.95. The second-order valence-corrected chi connectivity index (χ2v) is 7.83. The molecule has 3 aromatic carbocycles. The molecule has 0 N–H and O–H groups in total. The number of nitrogens with zero attached hydrogens (tertiary/aromatic N) is 2. The molecule has 0 atom stereocenters. The number of benzene rings is 3. The molecule has 7 nitrogen and oxygen atoms in total. The molecule has 0 aromatic heterocycles. The normalized spacial score (nSPS) is 13.0. The molecule has 1 aliphatic rings. The van der Waals surface area contributed by atoms with Crippen molar-refractivity contribution in [2.24, 2.45) is 0 Å². The molecule has 32 heavy (non-hydrogen) atoms. The van der Waals surface area contributed by atoms with Crippen LogP contribution in [0.3, 0.4) is 0 Å². The van der Waals surface area contributed by atoms with Gasteiger partial charge in [0, 0.05) is 22.6 Å². The van der Waals surface area contributed by atoms with Gasteiger partial charge < -0.3 is 0 Å². The maximum atomic E-state index is 12.8. The first-order valence-electron chi connectivity index (χ1n) is 9.53. The number of non-ortho nitro benzene ring substituents is 1. The number of carbonyl (C=O) groups is 3. The summed E-state index contributed by atoms with van der Waals surface area (Å²) < 4.78 is 0. The lowest BCUT2D eigenvalue weighted by atomic mass is 10.1. The predicted octanol–water partition coefficient (Wildman–Crippen LogP) is 5.01. The van der Waals surface area contributed by atoms with E-state index >= 15 is 0 Å². The first-order valence-corrected chi connectivity index (χ1v) is 10.8. The van der Waals surface area contributed by atoms with Crippen LogP contribution in [0, 0.1) is 10.1 Å². The van der Waals surface area contributed by atoms with Crippen molar-refractivity contribution in [3.05, 3.63) is 105 Å². The summed E-state index contributed by atoms with van der Waals surface area (Å²) in [4.78, 5) is 50.7. The molecule has 0 unspecified atom stereocenters. The summed E-state index contributed by atoms with van der Waals surface area (Å²) >= 11 is 1.63. The van der Waals surface area contributed by atoms with Gasteiger partial charge in [-0.3, -0.25) is 24.5 Å². The molecular formula is C24H16N2O5S. The number of thioether (sulfide) groups is 1. The Balaban J connectivity index is 1.59. The minimum absolute atomic E-state index is 0.0329. The molecule has 0 saturated heterocycles. The summed E-state index contributed by atoms with van der Waals surface area (Å²) in [5.41, 5.74) is 1.19. The quantitative estimate of drug-likeness (QED) is 0.132. The fraction of sp³-hybridized carbons (Fsp3) is 0.0417. The minimum Gasteiger partial charge on any atom is -0.289 e. The molecular weight excluding hydrogens is 428 g/mol. The topological polar surface area (TPSA) is 97.6 Å². The average molecular weight is 444 g/mol. The molecule has 4 rings (SSSR count). The van der Waals surface area contributed by atoms with Crippen LogP contribution in [0.2, 0.25) is 0 Å². The Kier molecular flexibility index (Phi) is 5.70. The number of nitro benzene ring substituents is 1. The monoisotopic (exact) mass is 444 g/mol. The second kappa shape index (κ2) is 8.60. The number of ketones is 1. The Labute approximate surface area is 187 Å². The summed E-state index contributed by atoms with van der Waals surface area (Å²) in [7, 11) is 0. The molecule has 158 valence electrons. The number of amides is 2. The van der Waals surface area contributed by atoms with Crippen LogP contribution in [-0.4, -0.2) is 28.8 Å². The van der Waals surface area contributed by atoms with Crippen molar-refractivity contribution < 1.29 is 19.3 Å². The minimum atomic E-state index is -0.664. The number of allylic oxidation sites excluding steroid dienone is 1. The molecule has 0 saturated carbocycles. The highest BCUT2D eigenvalue weighted by molar-refractivity contribution is 7.98. The lowest BCUT2D eigenvalue weighted by molar-refractivity contribution is -0.384. The number of nitro groups is 1. The van der Waals surface area contributed by atoms with Gasteiger partial charge in [0.25, 0.3) is 17.5 Å². The summed E-state index contributed by atoms with van der Waals surface area (Å²) in [6.07, 6.45) is 5.11. The van der Waals surface area contributed by atoms with E-state index in [9.17, 15) is 24.5 Å². The third kappa shape index (κ3) is 3.95. The molecule has 8 heteroatoms. The molecule has 0 fully saturated rings. The Morgan fingerprint density at radius 3 is 2.38 bits per heavy atom. The van der Waals surface area contributed by atoms with Gasteiger partial charge in [-0.15, -0.1) is 11.8 Å². The van der Waals surface area contributed by atoms with E-state index in [1.165, 1.54) is 30.3 Å². The van der Waals surface area contributed by atoms with E-state index < -0.39 is 16.7 Å². The lowest BCUT2D eigenvalue weighted by Crippen LogP contribution is -2.29. The summed E-state index contributed by atoms with van der Waals surface area (Å²) in [6.45, 7) is 0. The van der Waals surface area contributed by atoms with E-state index in [0.29, 0.717) is 5.56 Å². The molecule has 2 amide bonds. The number of anilines is 1. The van der Waals surface area contributed by atoms with Crippen LogP contribution in [0.4, 0.5) is 11.4 Å². The lowest BCUT2D eigenvalue weighted by Gasteiger charge is -2.14. The molecule has 0 radical (unpaired) electrons. The van der Waals surface area contributed by atoms with Crippen molar-refractivity contribution in [2.45, 2.75) is 4.90 Å². The van der Waals surface area contributed by atoms with E-state index in [0.717, 1.165) is 21.4 Å². The van der Waals surface area contributed by atoms with E-state index in [1.807, 2.05) is 30.5 Å². The molecule has 0 bridgehead atoms. The Hall–Kier alpha value is -4.04. The molecule has 0 aliphatic carbocycles. The number of fused-ring (bicyclic) bond motifs is 1. The zero-order valence-corrected chi connectivity index (χ0v) is 17.7. The highest BCUT2D eigenvalue weighted by atomic mass is 32.2. The van der Waals surface area contributed by atoms with Crippen molar-refractivity contribution in [3.63, 3.8) is 0 Å². The number of rotatable bonds is 6. The van der Waals surface area contributed by atoms with E-state index in [2.05, 4.69) is 0 Å². The smallest absolute Gasteiger partial charge is 0.270 e. The van der Waals surface area contributed by atoms with Crippen molar-refractivity contribution in [2.75, 3.05) is 11.2 Å². The number of carbonyl (C=O) groups excluding carboxylic acids is 3. The number of hydrogen-bond donors (Lipinski definition) is 0. The van der Waals surface area contributed by atoms with Gasteiger partial charge in [0.05, 0.1) is 21.7 Å². The molecule has 1 heterocycles. The summed E-state index contributed by atoms with van der Waals surface area (Å²) in [5.74, 6) is -1.54.